The zero-order valence-corrected chi connectivity index (χ0v) is 14.6. The molecule has 0 aliphatic heterocycles. The fraction of sp³-hybridized carbons (Fsp3) is 0.500. The molecule has 1 fully saturated rings. The highest BCUT2D eigenvalue weighted by Gasteiger charge is 2.41. The molecule has 0 spiro atoms. The molecule has 1 aliphatic rings. The molecule has 0 saturated heterocycles. The number of carbonyl (C=O) groups is 1. The minimum Gasteiger partial charge on any atom is -0.352 e. The maximum Gasteiger partial charge on any atom is 0.230 e. The average molecular weight is 325 g/mol. The molecule has 4 nitrogen and oxygen atoms in total. The zero-order chi connectivity index (χ0) is 17.0. The molecule has 1 saturated carbocycles. The van der Waals surface area contributed by atoms with Gasteiger partial charge in [0.2, 0.25) is 5.91 Å². The van der Waals surface area contributed by atoms with Crippen LogP contribution in [0.1, 0.15) is 56.0 Å². The molecule has 24 heavy (non-hydrogen) atoms. The Balaban J connectivity index is 1.74. The largest absolute Gasteiger partial charge is 0.352 e. The van der Waals surface area contributed by atoms with Crippen LogP contribution in [0.25, 0.3) is 0 Å². The molecule has 0 bridgehead atoms. The van der Waals surface area contributed by atoms with Gasteiger partial charge in [-0.1, -0.05) is 49.6 Å². The highest BCUT2D eigenvalue weighted by atomic mass is 16.2. The van der Waals surface area contributed by atoms with Crippen molar-refractivity contribution in [3.8, 4) is 0 Å². The van der Waals surface area contributed by atoms with Crippen LogP contribution in [0.2, 0.25) is 0 Å². The topological polar surface area (TPSA) is 57.8 Å². The van der Waals surface area contributed by atoms with E-state index in [4.69, 9.17) is 0 Å². The molecule has 128 valence electrons. The summed E-state index contributed by atoms with van der Waals surface area (Å²) in [4.78, 5) is 13.2. The maximum atomic E-state index is 13.2. The number of hydrogen-bond donors (Lipinski definition) is 2. The summed E-state index contributed by atoms with van der Waals surface area (Å²) in [5, 5.41) is 10.5. The summed E-state index contributed by atoms with van der Waals surface area (Å²) in [6.07, 6.45) is 6.10. The lowest BCUT2D eigenvalue weighted by atomic mass is 9.68. The number of amides is 1. The van der Waals surface area contributed by atoms with E-state index in [0.29, 0.717) is 0 Å². The van der Waals surface area contributed by atoms with E-state index >= 15 is 0 Å². The standard InChI is InChI=1S/C20H27N3O/c1-15(13-18-14-16(2)22-23-18)21-19(24)20(11-7-4-8-12-20)17-9-5-3-6-10-17/h3,5-6,9-10,14-15H,4,7-8,11-13H2,1-2H3,(H,21,24)(H,22,23). The van der Waals surface area contributed by atoms with Gasteiger partial charge in [-0.2, -0.15) is 5.10 Å². The first-order chi connectivity index (χ1) is 11.6. The predicted octanol–water partition coefficient (Wildman–Crippen LogP) is 3.67. The van der Waals surface area contributed by atoms with Crippen molar-refractivity contribution in [1.29, 1.82) is 0 Å². The molecule has 0 radical (unpaired) electrons. The highest BCUT2D eigenvalue weighted by Crippen LogP contribution is 2.39. The van der Waals surface area contributed by atoms with Gasteiger partial charge < -0.3 is 5.32 Å². The Morgan fingerprint density at radius 1 is 1.25 bits per heavy atom. The molecule has 2 aromatic rings. The van der Waals surface area contributed by atoms with Crippen molar-refractivity contribution in [2.24, 2.45) is 0 Å². The van der Waals surface area contributed by atoms with Crippen LogP contribution in [-0.2, 0) is 16.6 Å². The summed E-state index contributed by atoms with van der Waals surface area (Å²) < 4.78 is 0. The molecule has 4 heteroatoms. The first-order valence-electron chi connectivity index (χ1n) is 8.97. The van der Waals surface area contributed by atoms with Gasteiger partial charge in [0.15, 0.2) is 0 Å². The fourth-order valence-electron chi connectivity index (χ4n) is 3.87. The van der Waals surface area contributed by atoms with E-state index in [0.717, 1.165) is 49.1 Å². The van der Waals surface area contributed by atoms with E-state index in [2.05, 4.69) is 34.6 Å². The van der Waals surface area contributed by atoms with Crippen LogP contribution in [0.3, 0.4) is 0 Å². The van der Waals surface area contributed by atoms with Crippen LogP contribution in [-0.4, -0.2) is 22.1 Å². The monoisotopic (exact) mass is 325 g/mol. The first-order valence-corrected chi connectivity index (χ1v) is 8.97. The second-order valence-corrected chi connectivity index (χ2v) is 7.13. The highest BCUT2D eigenvalue weighted by molar-refractivity contribution is 5.88. The summed E-state index contributed by atoms with van der Waals surface area (Å²) >= 11 is 0. The molecule has 3 rings (SSSR count). The molecular formula is C20H27N3O. The lowest BCUT2D eigenvalue weighted by molar-refractivity contribution is -0.128. The van der Waals surface area contributed by atoms with Crippen LogP contribution in [0.15, 0.2) is 36.4 Å². The predicted molar refractivity (Wildman–Crippen MR) is 95.8 cm³/mol. The molecule has 1 amide bonds. The molecular weight excluding hydrogens is 298 g/mol. The number of rotatable bonds is 5. The minimum absolute atomic E-state index is 0.0720. The van der Waals surface area contributed by atoms with Crippen molar-refractivity contribution in [3.63, 3.8) is 0 Å². The quantitative estimate of drug-likeness (QED) is 0.881. The Kier molecular flexibility index (Phi) is 5.03. The summed E-state index contributed by atoms with van der Waals surface area (Å²) in [6.45, 7) is 4.05. The van der Waals surface area contributed by atoms with Crippen molar-refractivity contribution < 1.29 is 4.79 Å². The summed E-state index contributed by atoms with van der Waals surface area (Å²) in [6, 6.07) is 12.4. The Morgan fingerprint density at radius 2 is 1.96 bits per heavy atom. The number of aromatic amines is 1. The lowest BCUT2D eigenvalue weighted by Gasteiger charge is -2.37. The van der Waals surface area contributed by atoms with E-state index in [1.807, 2.05) is 31.2 Å². The van der Waals surface area contributed by atoms with Gasteiger partial charge in [0.05, 0.1) is 11.1 Å². The maximum absolute atomic E-state index is 13.2. The normalized spacial score (nSPS) is 18.1. The molecule has 1 aromatic carbocycles. The number of nitrogens with zero attached hydrogens (tertiary/aromatic N) is 1. The van der Waals surface area contributed by atoms with Crippen LogP contribution < -0.4 is 5.32 Å². The molecule has 1 aromatic heterocycles. The van der Waals surface area contributed by atoms with E-state index in [-0.39, 0.29) is 17.4 Å². The number of hydrogen-bond acceptors (Lipinski definition) is 2. The van der Waals surface area contributed by atoms with Crippen molar-refractivity contribution >= 4 is 5.91 Å². The Hall–Kier alpha value is -2.10. The summed E-state index contributed by atoms with van der Waals surface area (Å²) in [5.41, 5.74) is 2.84. The summed E-state index contributed by atoms with van der Waals surface area (Å²) in [7, 11) is 0. The SMILES string of the molecule is Cc1cc(CC(C)NC(=O)C2(c3ccccc3)CCCCC2)n[nH]1. The fourth-order valence-corrected chi connectivity index (χ4v) is 3.87. The summed E-state index contributed by atoms with van der Waals surface area (Å²) in [5.74, 6) is 0.174. The van der Waals surface area contributed by atoms with Crippen molar-refractivity contribution in [1.82, 2.24) is 15.5 Å². The van der Waals surface area contributed by atoms with Gasteiger partial charge >= 0.3 is 0 Å². The average Bonchev–Trinajstić information content (AvgIpc) is 3.01. The number of benzene rings is 1. The van der Waals surface area contributed by atoms with Crippen LogP contribution in [0, 0.1) is 6.92 Å². The Bertz CT molecular complexity index is 671. The van der Waals surface area contributed by atoms with Crippen LogP contribution >= 0.6 is 0 Å². The van der Waals surface area contributed by atoms with Gasteiger partial charge in [-0.3, -0.25) is 9.89 Å². The van der Waals surface area contributed by atoms with Crippen LogP contribution in [0.5, 0.6) is 0 Å². The lowest BCUT2D eigenvalue weighted by Crippen LogP contribution is -2.49. The second-order valence-electron chi connectivity index (χ2n) is 7.13. The van der Waals surface area contributed by atoms with E-state index < -0.39 is 0 Å². The van der Waals surface area contributed by atoms with Gasteiger partial charge in [-0.25, -0.2) is 0 Å². The molecule has 1 heterocycles. The first kappa shape index (κ1) is 16.7. The number of nitrogens with one attached hydrogen (secondary N) is 2. The van der Waals surface area contributed by atoms with Gasteiger partial charge in [0, 0.05) is 18.2 Å². The molecule has 1 unspecified atom stereocenters. The molecule has 2 N–H and O–H groups in total. The van der Waals surface area contributed by atoms with Gasteiger partial charge in [0.1, 0.15) is 0 Å². The van der Waals surface area contributed by atoms with Crippen molar-refractivity contribution in [2.75, 3.05) is 0 Å². The Morgan fingerprint density at radius 3 is 2.58 bits per heavy atom. The third-order valence-electron chi connectivity index (χ3n) is 5.12. The number of aryl methyl sites for hydroxylation is 1. The molecule has 1 aliphatic carbocycles. The zero-order valence-electron chi connectivity index (χ0n) is 14.6. The van der Waals surface area contributed by atoms with Crippen LogP contribution in [0.4, 0.5) is 0 Å². The molecule has 1 atom stereocenters. The number of carbonyl (C=O) groups excluding carboxylic acids is 1. The van der Waals surface area contributed by atoms with Crippen molar-refractivity contribution in [2.45, 2.75) is 63.8 Å². The van der Waals surface area contributed by atoms with E-state index in [9.17, 15) is 4.79 Å². The van der Waals surface area contributed by atoms with Gasteiger partial charge in [0.25, 0.3) is 0 Å². The van der Waals surface area contributed by atoms with Crippen molar-refractivity contribution in [3.05, 3.63) is 53.3 Å². The van der Waals surface area contributed by atoms with Gasteiger partial charge in [-0.15, -0.1) is 0 Å². The third kappa shape index (κ3) is 3.53. The number of H-pyrrole nitrogens is 1. The van der Waals surface area contributed by atoms with Gasteiger partial charge in [-0.05, 0) is 38.3 Å². The minimum atomic E-state index is -0.366. The van der Waals surface area contributed by atoms with E-state index in [1.165, 1.54) is 6.42 Å². The number of aromatic nitrogens is 2. The third-order valence-corrected chi connectivity index (χ3v) is 5.12. The smallest absolute Gasteiger partial charge is 0.230 e. The van der Waals surface area contributed by atoms with E-state index in [1.54, 1.807) is 0 Å². The second kappa shape index (κ2) is 7.20. The Labute approximate surface area is 144 Å².